The SMILES string of the molecule is COC(=O)c1nc(NCC2CCC2)sc1C(C)=O. The predicted molar refractivity (Wildman–Crippen MR) is 69.3 cm³/mol. The van der Waals surface area contributed by atoms with E-state index in [1.807, 2.05) is 0 Å². The Kier molecular flexibility index (Phi) is 3.96. The van der Waals surface area contributed by atoms with Gasteiger partial charge in [-0.25, -0.2) is 9.78 Å². The number of esters is 1. The van der Waals surface area contributed by atoms with E-state index in [2.05, 4.69) is 15.0 Å². The average Bonchev–Trinajstić information content (AvgIpc) is 2.70. The largest absolute Gasteiger partial charge is 0.464 e. The van der Waals surface area contributed by atoms with Gasteiger partial charge in [0.05, 0.1) is 7.11 Å². The van der Waals surface area contributed by atoms with Crippen molar-refractivity contribution in [2.45, 2.75) is 26.2 Å². The summed E-state index contributed by atoms with van der Waals surface area (Å²) < 4.78 is 4.62. The number of methoxy groups -OCH3 is 1. The summed E-state index contributed by atoms with van der Waals surface area (Å²) in [4.78, 5) is 27.4. The Morgan fingerprint density at radius 1 is 1.50 bits per heavy atom. The van der Waals surface area contributed by atoms with Gasteiger partial charge in [-0.3, -0.25) is 4.79 Å². The first-order chi connectivity index (χ1) is 8.61. The van der Waals surface area contributed by atoms with Crippen LogP contribution in [0.2, 0.25) is 0 Å². The zero-order chi connectivity index (χ0) is 13.1. The third kappa shape index (κ3) is 2.69. The van der Waals surface area contributed by atoms with E-state index < -0.39 is 5.97 Å². The van der Waals surface area contributed by atoms with Crippen LogP contribution >= 0.6 is 11.3 Å². The molecule has 0 spiro atoms. The second kappa shape index (κ2) is 5.48. The normalized spacial score (nSPS) is 15.0. The van der Waals surface area contributed by atoms with Crippen LogP contribution in [0.4, 0.5) is 5.13 Å². The minimum atomic E-state index is -0.562. The van der Waals surface area contributed by atoms with E-state index in [-0.39, 0.29) is 11.5 Å². The maximum atomic E-state index is 11.5. The summed E-state index contributed by atoms with van der Waals surface area (Å²) >= 11 is 1.22. The van der Waals surface area contributed by atoms with Crippen LogP contribution in [-0.4, -0.2) is 30.4 Å². The molecule has 1 aromatic rings. The first kappa shape index (κ1) is 13.0. The topological polar surface area (TPSA) is 68.3 Å². The minimum absolute atomic E-state index is 0.117. The van der Waals surface area contributed by atoms with Gasteiger partial charge in [0.2, 0.25) is 0 Å². The Bertz CT molecular complexity index is 466. The molecule has 1 heterocycles. The lowest BCUT2D eigenvalue weighted by atomic mass is 9.86. The minimum Gasteiger partial charge on any atom is -0.464 e. The molecule has 98 valence electrons. The molecule has 1 aliphatic rings. The van der Waals surface area contributed by atoms with Crippen LogP contribution in [0.25, 0.3) is 0 Å². The fourth-order valence-corrected chi connectivity index (χ4v) is 2.65. The first-order valence-corrected chi connectivity index (χ1v) is 6.77. The number of hydrogen-bond donors (Lipinski definition) is 1. The summed E-state index contributed by atoms with van der Waals surface area (Å²) in [5.41, 5.74) is 0.117. The molecule has 5 nitrogen and oxygen atoms in total. The third-order valence-electron chi connectivity index (χ3n) is 3.09. The van der Waals surface area contributed by atoms with Gasteiger partial charge in [-0.1, -0.05) is 17.8 Å². The fourth-order valence-electron chi connectivity index (χ4n) is 1.80. The van der Waals surface area contributed by atoms with Crippen molar-refractivity contribution in [3.05, 3.63) is 10.6 Å². The molecule has 1 fully saturated rings. The van der Waals surface area contributed by atoms with Gasteiger partial charge in [-0.2, -0.15) is 0 Å². The van der Waals surface area contributed by atoms with E-state index in [1.165, 1.54) is 44.6 Å². The predicted octanol–water partition coefficient (Wildman–Crippen LogP) is 2.34. The van der Waals surface area contributed by atoms with Gasteiger partial charge in [0.25, 0.3) is 0 Å². The lowest BCUT2D eigenvalue weighted by molar-refractivity contribution is 0.0591. The molecule has 0 atom stereocenters. The number of nitrogens with one attached hydrogen (secondary N) is 1. The zero-order valence-corrected chi connectivity index (χ0v) is 11.3. The Morgan fingerprint density at radius 3 is 2.72 bits per heavy atom. The number of ether oxygens (including phenoxy) is 1. The molecule has 0 radical (unpaired) electrons. The number of aromatic nitrogens is 1. The van der Waals surface area contributed by atoms with Gasteiger partial charge < -0.3 is 10.1 Å². The molecule has 0 aromatic carbocycles. The van der Waals surface area contributed by atoms with Crippen molar-refractivity contribution in [1.82, 2.24) is 4.98 Å². The summed E-state index contributed by atoms with van der Waals surface area (Å²) in [6.07, 6.45) is 3.76. The summed E-state index contributed by atoms with van der Waals surface area (Å²) in [6, 6.07) is 0. The van der Waals surface area contributed by atoms with Crippen LogP contribution in [0, 0.1) is 5.92 Å². The standard InChI is InChI=1S/C12H16N2O3S/c1-7(15)10-9(11(16)17-2)14-12(18-10)13-6-8-4-3-5-8/h8H,3-6H2,1-2H3,(H,13,14). The van der Waals surface area contributed by atoms with Crippen molar-refractivity contribution in [3.63, 3.8) is 0 Å². The summed E-state index contributed by atoms with van der Waals surface area (Å²) in [5.74, 6) is -0.0333. The van der Waals surface area contributed by atoms with Crippen LogP contribution in [0.3, 0.4) is 0 Å². The van der Waals surface area contributed by atoms with Crippen molar-refractivity contribution in [2.75, 3.05) is 19.0 Å². The van der Waals surface area contributed by atoms with Crippen LogP contribution in [-0.2, 0) is 4.74 Å². The van der Waals surface area contributed by atoms with Crippen molar-refractivity contribution in [2.24, 2.45) is 5.92 Å². The summed E-state index contributed by atoms with van der Waals surface area (Å²) in [6.45, 7) is 2.28. The monoisotopic (exact) mass is 268 g/mol. The summed E-state index contributed by atoms with van der Waals surface area (Å²) in [5, 5.41) is 3.81. The number of hydrogen-bond acceptors (Lipinski definition) is 6. The maximum absolute atomic E-state index is 11.5. The van der Waals surface area contributed by atoms with Gasteiger partial charge in [0.1, 0.15) is 4.88 Å². The average molecular weight is 268 g/mol. The Balaban J connectivity index is 2.10. The highest BCUT2D eigenvalue weighted by Gasteiger charge is 2.23. The van der Waals surface area contributed by atoms with Crippen LogP contribution in [0.1, 0.15) is 46.3 Å². The number of ketones is 1. The van der Waals surface area contributed by atoms with E-state index in [9.17, 15) is 9.59 Å². The molecule has 0 aliphatic heterocycles. The van der Waals surface area contributed by atoms with Gasteiger partial charge in [-0.05, 0) is 18.8 Å². The van der Waals surface area contributed by atoms with E-state index in [0.29, 0.717) is 15.9 Å². The van der Waals surface area contributed by atoms with E-state index in [1.54, 1.807) is 0 Å². The van der Waals surface area contributed by atoms with Crippen LogP contribution in [0.5, 0.6) is 0 Å². The number of nitrogens with zero attached hydrogens (tertiary/aromatic N) is 1. The molecule has 1 N–H and O–H groups in total. The van der Waals surface area contributed by atoms with Crippen LogP contribution < -0.4 is 5.32 Å². The number of thiazole rings is 1. The highest BCUT2D eigenvalue weighted by Crippen LogP contribution is 2.28. The number of anilines is 1. The molecule has 1 aromatic heterocycles. The van der Waals surface area contributed by atoms with Gasteiger partial charge in [0.15, 0.2) is 16.6 Å². The summed E-state index contributed by atoms with van der Waals surface area (Å²) in [7, 11) is 1.28. The molecule has 2 rings (SSSR count). The molecule has 0 unspecified atom stereocenters. The smallest absolute Gasteiger partial charge is 0.358 e. The number of carbonyl (C=O) groups is 2. The van der Waals surface area contributed by atoms with Gasteiger partial charge >= 0.3 is 5.97 Å². The second-order valence-corrected chi connectivity index (χ2v) is 5.42. The fraction of sp³-hybridized carbons (Fsp3) is 0.583. The van der Waals surface area contributed by atoms with Crippen molar-refractivity contribution in [1.29, 1.82) is 0 Å². The van der Waals surface area contributed by atoms with Gasteiger partial charge in [-0.15, -0.1) is 0 Å². The molecule has 18 heavy (non-hydrogen) atoms. The first-order valence-electron chi connectivity index (χ1n) is 5.95. The lowest BCUT2D eigenvalue weighted by Crippen LogP contribution is -2.20. The van der Waals surface area contributed by atoms with Crippen LogP contribution in [0.15, 0.2) is 0 Å². The number of rotatable bonds is 5. The molecule has 6 heteroatoms. The Morgan fingerprint density at radius 2 is 2.22 bits per heavy atom. The van der Waals surface area contributed by atoms with Gasteiger partial charge in [0, 0.05) is 13.5 Å². The molecule has 1 aliphatic carbocycles. The van der Waals surface area contributed by atoms with E-state index in [4.69, 9.17) is 0 Å². The quantitative estimate of drug-likeness (QED) is 0.655. The Labute approximate surface area is 110 Å². The molecular weight excluding hydrogens is 252 g/mol. The molecule has 0 bridgehead atoms. The zero-order valence-electron chi connectivity index (χ0n) is 10.5. The highest BCUT2D eigenvalue weighted by atomic mass is 32.1. The lowest BCUT2D eigenvalue weighted by Gasteiger charge is -2.25. The van der Waals surface area contributed by atoms with Crippen molar-refractivity contribution >= 4 is 28.2 Å². The molecule has 0 saturated heterocycles. The molecule has 0 amide bonds. The molecular formula is C12H16N2O3S. The third-order valence-corrected chi connectivity index (χ3v) is 4.21. The van der Waals surface area contributed by atoms with E-state index >= 15 is 0 Å². The van der Waals surface area contributed by atoms with Crippen molar-refractivity contribution in [3.8, 4) is 0 Å². The maximum Gasteiger partial charge on any atom is 0.358 e. The Hall–Kier alpha value is -1.43. The van der Waals surface area contributed by atoms with Crippen molar-refractivity contribution < 1.29 is 14.3 Å². The highest BCUT2D eigenvalue weighted by molar-refractivity contribution is 7.17. The second-order valence-electron chi connectivity index (χ2n) is 4.42. The number of carbonyl (C=O) groups excluding carboxylic acids is 2. The molecule has 1 saturated carbocycles. The van der Waals surface area contributed by atoms with E-state index in [0.717, 1.165) is 6.54 Å². The number of Topliss-reactive ketones (excluding diaryl/α,β-unsaturated/α-hetero) is 1.